The first-order valence-corrected chi connectivity index (χ1v) is 9.97. The monoisotopic (exact) mass is 351 g/mol. The van der Waals surface area contributed by atoms with Crippen LogP contribution in [0.5, 0.6) is 0 Å². The predicted molar refractivity (Wildman–Crippen MR) is 93.3 cm³/mol. The molecule has 24 heavy (non-hydrogen) atoms. The number of primary sulfonamides is 1. The fourth-order valence-electron chi connectivity index (χ4n) is 4.01. The van der Waals surface area contributed by atoms with Gasteiger partial charge in [-0.3, -0.25) is 9.69 Å². The predicted octanol–water partition coefficient (Wildman–Crippen LogP) is 1.20. The van der Waals surface area contributed by atoms with Crippen molar-refractivity contribution in [1.82, 2.24) is 4.90 Å². The lowest BCUT2D eigenvalue weighted by atomic mass is 9.92. The van der Waals surface area contributed by atoms with Crippen LogP contribution in [0, 0.1) is 11.8 Å². The topological polar surface area (TPSA) is 83.7 Å². The second kappa shape index (κ2) is 6.46. The molecule has 2 atom stereocenters. The van der Waals surface area contributed by atoms with Gasteiger partial charge in [0.05, 0.1) is 11.4 Å². The van der Waals surface area contributed by atoms with E-state index < -0.39 is 10.0 Å². The van der Waals surface area contributed by atoms with Gasteiger partial charge in [0.1, 0.15) is 0 Å². The highest BCUT2D eigenvalue weighted by atomic mass is 32.2. The van der Waals surface area contributed by atoms with E-state index in [-0.39, 0.29) is 10.8 Å². The smallest absolute Gasteiger partial charge is 0.241 e. The zero-order valence-corrected chi connectivity index (χ0v) is 15.1. The minimum atomic E-state index is -3.71. The number of carbonyl (C=O) groups is 1. The van der Waals surface area contributed by atoms with Crippen LogP contribution in [0.3, 0.4) is 0 Å². The molecule has 2 heterocycles. The number of carbonyl (C=O) groups excluding carboxylic acids is 1. The Morgan fingerprint density at radius 3 is 2.54 bits per heavy atom. The lowest BCUT2D eigenvalue weighted by molar-refractivity contribution is -0.120. The Labute approximate surface area is 143 Å². The summed E-state index contributed by atoms with van der Waals surface area (Å²) < 4.78 is 22.9. The van der Waals surface area contributed by atoms with Crippen LogP contribution in [0.15, 0.2) is 23.1 Å². The van der Waals surface area contributed by atoms with Crippen molar-refractivity contribution in [2.75, 3.05) is 31.1 Å². The number of amides is 1. The van der Waals surface area contributed by atoms with Gasteiger partial charge in [-0.2, -0.15) is 0 Å². The summed E-state index contributed by atoms with van der Waals surface area (Å²) in [5.74, 6) is 1.31. The molecule has 1 saturated heterocycles. The third-order valence-electron chi connectivity index (χ3n) is 4.88. The Balaban J connectivity index is 1.73. The van der Waals surface area contributed by atoms with Crippen molar-refractivity contribution in [2.45, 2.75) is 31.6 Å². The van der Waals surface area contributed by atoms with Crippen LogP contribution in [0.2, 0.25) is 0 Å². The molecule has 132 valence electrons. The highest BCUT2D eigenvalue weighted by Crippen LogP contribution is 2.30. The van der Waals surface area contributed by atoms with Crippen molar-refractivity contribution < 1.29 is 13.2 Å². The van der Waals surface area contributed by atoms with Crippen LogP contribution in [0.1, 0.15) is 25.8 Å². The summed E-state index contributed by atoms with van der Waals surface area (Å²) in [6, 6.07) is 4.76. The van der Waals surface area contributed by atoms with Gasteiger partial charge in [-0.15, -0.1) is 0 Å². The van der Waals surface area contributed by atoms with Crippen molar-refractivity contribution in [2.24, 2.45) is 17.0 Å². The van der Waals surface area contributed by atoms with Gasteiger partial charge < -0.3 is 4.90 Å². The number of likely N-dealkylation sites (tertiary alicyclic amines) is 1. The molecule has 0 aromatic heterocycles. The molecule has 1 fully saturated rings. The van der Waals surface area contributed by atoms with E-state index >= 15 is 0 Å². The van der Waals surface area contributed by atoms with Crippen molar-refractivity contribution >= 4 is 21.6 Å². The maximum atomic E-state index is 12.7. The summed E-state index contributed by atoms with van der Waals surface area (Å²) in [6.45, 7) is 7.40. The highest BCUT2D eigenvalue weighted by molar-refractivity contribution is 7.89. The summed E-state index contributed by atoms with van der Waals surface area (Å²) in [6.07, 6.45) is 1.88. The third-order valence-corrected chi connectivity index (χ3v) is 5.79. The molecule has 0 aliphatic carbocycles. The minimum absolute atomic E-state index is 0.0819. The molecular formula is C17H25N3O3S. The van der Waals surface area contributed by atoms with Gasteiger partial charge >= 0.3 is 0 Å². The van der Waals surface area contributed by atoms with E-state index in [0.29, 0.717) is 31.3 Å². The SMILES string of the molecule is C[C@@H]1C[C@@H](C)CN(CC(=O)N2CCc3cc(S(N)(=O)=O)ccc32)C1. The van der Waals surface area contributed by atoms with E-state index in [1.807, 2.05) is 0 Å². The number of nitrogens with two attached hydrogens (primary N) is 1. The Bertz CT molecular complexity index is 737. The van der Waals surface area contributed by atoms with Crippen molar-refractivity contribution in [3.63, 3.8) is 0 Å². The van der Waals surface area contributed by atoms with Crippen LogP contribution >= 0.6 is 0 Å². The molecule has 2 N–H and O–H groups in total. The molecule has 0 bridgehead atoms. The van der Waals surface area contributed by atoms with Crippen LogP contribution in [-0.4, -0.2) is 45.4 Å². The minimum Gasteiger partial charge on any atom is -0.311 e. The average molecular weight is 351 g/mol. The third kappa shape index (κ3) is 3.63. The molecule has 2 aliphatic heterocycles. The lowest BCUT2D eigenvalue weighted by Crippen LogP contribution is -2.45. The zero-order chi connectivity index (χ0) is 17.5. The quantitative estimate of drug-likeness (QED) is 0.887. The van der Waals surface area contributed by atoms with Crippen LogP contribution in [-0.2, 0) is 21.2 Å². The number of rotatable bonds is 3. The first kappa shape index (κ1) is 17.4. The van der Waals surface area contributed by atoms with E-state index in [0.717, 1.165) is 24.3 Å². The van der Waals surface area contributed by atoms with Crippen LogP contribution in [0.4, 0.5) is 5.69 Å². The Hall–Kier alpha value is -1.44. The second-order valence-electron chi connectivity index (χ2n) is 7.27. The van der Waals surface area contributed by atoms with E-state index in [1.54, 1.807) is 17.0 Å². The standard InChI is InChI=1S/C17H25N3O3S/c1-12-7-13(2)10-19(9-12)11-17(21)20-6-5-14-8-15(24(18,22)23)3-4-16(14)20/h3-4,8,12-13H,5-7,9-11H2,1-2H3,(H2,18,22,23)/t12-,13-/m1/s1. The lowest BCUT2D eigenvalue weighted by Gasteiger charge is -2.35. The van der Waals surface area contributed by atoms with Crippen molar-refractivity contribution in [1.29, 1.82) is 0 Å². The fraction of sp³-hybridized carbons (Fsp3) is 0.588. The molecule has 0 unspecified atom stereocenters. The van der Waals surface area contributed by atoms with Gasteiger partial charge in [0, 0.05) is 25.3 Å². The average Bonchev–Trinajstić information content (AvgIpc) is 2.88. The number of anilines is 1. The summed E-state index contributed by atoms with van der Waals surface area (Å²) in [5.41, 5.74) is 1.68. The van der Waals surface area contributed by atoms with Gasteiger partial charge in [-0.25, -0.2) is 13.6 Å². The molecule has 2 aliphatic rings. The van der Waals surface area contributed by atoms with Gasteiger partial charge in [-0.05, 0) is 48.4 Å². The first-order chi connectivity index (χ1) is 11.2. The maximum Gasteiger partial charge on any atom is 0.241 e. The van der Waals surface area contributed by atoms with E-state index in [4.69, 9.17) is 5.14 Å². The number of benzene rings is 1. The largest absolute Gasteiger partial charge is 0.311 e. The number of piperidine rings is 1. The molecule has 0 saturated carbocycles. The van der Waals surface area contributed by atoms with E-state index in [9.17, 15) is 13.2 Å². The molecule has 1 aromatic carbocycles. The first-order valence-electron chi connectivity index (χ1n) is 8.42. The molecule has 0 radical (unpaired) electrons. The molecule has 3 rings (SSSR count). The van der Waals surface area contributed by atoms with Crippen molar-refractivity contribution in [3.05, 3.63) is 23.8 Å². The summed E-state index contributed by atoms with van der Waals surface area (Å²) in [4.78, 5) is 16.8. The Kier molecular flexibility index (Phi) is 4.68. The van der Waals surface area contributed by atoms with Crippen LogP contribution in [0.25, 0.3) is 0 Å². The Morgan fingerprint density at radius 1 is 1.25 bits per heavy atom. The van der Waals surface area contributed by atoms with Gasteiger partial charge in [-0.1, -0.05) is 13.8 Å². The number of sulfonamides is 1. The molecular weight excluding hydrogens is 326 g/mol. The zero-order valence-electron chi connectivity index (χ0n) is 14.2. The van der Waals surface area contributed by atoms with Gasteiger partial charge in [0.25, 0.3) is 0 Å². The molecule has 7 heteroatoms. The maximum absolute atomic E-state index is 12.7. The molecule has 6 nitrogen and oxygen atoms in total. The highest BCUT2D eigenvalue weighted by Gasteiger charge is 2.29. The fourth-order valence-corrected chi connectivity index (χ4v) is 4.58. The van der Waals surface area contributed by atoms with Crippen LogP contribution < -0.4 is 10.0 Å². The number of fused-ring (bicyclic) bond motifs is 1. The van der Waals surface area contributed by atoms with E-state index in [1.165, 1.54) is 12.5 Å². The van der Waals surface area contributed by atoms with Gasteiger partial charge in [0.15, 0.2) is 0 Å². The van der Waals surface area contributed by atoms with Crippen molar-refractivity contribution in [3.8, 4) is 0 Å². The van der Waals surface area contributed by atoms with Gasteiger partial charge in [0.2, 0.25) is 15.9 Å². The molecule has 1 amide bonds. The normalized spacial score (nSPS) is 24.9. The van der Waals surface area contributed by atoms with E-state index in [2.05, 4.69) is 18.7 Å². The second-order valence-corrected chi connectivity index (χ2v) is 8.83. The summed E-state index contributed by atoms with van der Waals surface area (Å²) in [7, 11) is -3.71. The summed E-state index contributed by atoms with van der Waals surface area (Å²) >= 11 is 0. The summed E-state index contributed by atoms with van der Waals surface area (Å²) in [5, 5.41) is 5.18. The molecule has 1 aromatic rings. The Morgan fingerprint density at radius 2 is 1.92 bits per heavy atom. The number of hydrogen-bond acceptors (Lipinski definition) is 4. The molecule has 0 spiro atoms. The number of nitrogens with zero attached hydrogens (tertiary/aromatic N) is 2. The number of hydrogen-bond donors (Lipinski definition) is 1.